The van der Waals surface area contributed by atoms with Gasteiger partial charge in [-0.3, -0.25) is 14.4 Å². The summed E-state index contributed by atoms with van der Waals surface area (Å²) in [5.41, 5.74) is 5.96. The van der Waals surface area contributed by atoms with Gasteiger partial charge in [0, 0.05) is 11.4 Å². The molecule has 0 saturated carbocycles. The van der Waals surface area contributed by atoms with E-state index in [9.17, 15) is 14.4 Å². The number of hydrogen-bond acceptors (Lipinski definition) is 6. The van der Waals surface area contributed by atoms with Gasteiger partial charge >= 0.3 is 11.8 Å². The molecule has 0 fully saturated rings. The zero-order chi connectivity index (χ0) is 25.2. The molecule has 0 unspecified atom stereocenters. The number of amides is 3. The van der Waals surface area contributed by atoms with E-state index in [1.54, 1.807) is 67.8 Å². The van der Waals surface area contributed by atoms with Crippen molar-refractivity contribution in [2.75, 3.05) is 24.4 Å². The molecule has 0 aliphatic heterocycles. The van der Waals surface area contributed by atoms with Crippen LogP contribution >= 0.6 is 0 Å². The Bertz CT molecular complexity index is 1220. The molecular formula is C26H26N4O5. The summed E-state index contributed by atoms with van der Waals surface area (Å²) in [7, 11) is 1.57. The lowest BCUT2D eigenvalue weighted by Crippen LogP contribution is -2.32. The van der Waals surface area contributed by atoms with E-state index < -0.39 is 11.8 Å². The Labute approximate surface area is 203 Å². The van der Waals surface area contributed by atoms with Crippen molar-refractivity contribution in [1.29, 1.82) is 0 Å². The molecular weight excluding hydrogens is 448 g/mol. The summed E-state index contributed by atoms with van der Waals surface area (Å²) in [4.78, 5) is 36.1. The summed E-state index contributed by atoms with van der Waals surface area (Å²) in [6.07, 6.45) is 1.39. The van der Waals surface area contributed by atoms with Gasteiger partial charge in [-0.05, 0) is 85.1 Å². The van der Waals surface area contributed by atoms with E-state index in [0.717, 1.165) is 11.1 Å². The van der Waals surface area contributed by atoms with E-state index in [1.807, 2.05) is 19.9 Å². The number of rotatable bonds is 8. The molecule has 0 radical (unpaired) electrons. The molecule has 0 atom stereocenters. The lowest BCUT2D eigenvalue weighted by molar-refractivity contribution is -0.136. The van der Waals surface area contributed by atoms with Crippen LogP contribution < -0.4 is 25.5 Å². The van der Waals surface area contributed by atoms with Gasteiger partial charge in [-0.15, -0.1) is 0 Å². The van der Waals surface area contributed by atoms with Gasteiger partial charge < -0.3 is 20.1 Å². The van der Waals surface area contributed by atoms with Gasteiger partial charge in [-0.2, -0.15) is 5.10 Å². The molecule has 3 aromatic rings. The van der Waals surface area contributed by atoms with Crippen molar-refractivity contribution in [2.45, 2.75) is 13.8 Å². The molecule has 0 aliphatic carbocycles. The third kappa shape index (κ3) is 7.43. The number of benzene rings is 3. The normalized spacial score (nSPS) is 10.5. The number of hydrogen-bond donors (Lipinski definition) is 3. The Morgan fingerprint density at radius 3 is 2.23 bits per heavy atom. The smallest absolute Gasteiger partial charge is 0.329 e. The van der Waals surface area contributed by atoms with Crippen LogP contribution in [-0.4, -0.2) is 37.7 Å². The van der Waals surface area contributed by atoms with Gasteiger partial charge in [0.1, 0.15) is 11.5 Å². The Hall–Kier alpha value is -4.66. The van der Waals surface area contributed by atoms with Crippen molar-refractivity contribution in [3.05, 3.63) is 83.4 Å². The fraction of sp³-hybridized carbons (Fsp3) is 0.154. The predicted molar refractivity (Wildman–Crippen MR) is 134 cm³/mol. The van der Waals surface area contributed by atoms with Crippen LogP contribution in [0.5, 0.6) is 11.5 Å². The highest BCUT2D eigenvalue weighted by Gasteiger charge is 2.14. The average molecular weight is 475 g/mol. The number of hydrazone groups is 1. The van der Waals surface area contributed by atoms with Gasteiger partial charge in [0.2, 0.25) is 0 Å². The number of nitrogens with zero attached hydrogens (tertiary/aromatic N) is 1. The molecule has 0 bridgehead atoms. The van der Waals surface area contributed by atoms with Gasteiger partial charge in [-0.1, -0.05) is 12.1 Å². The Morgan fingerprint density at radius 2 is 1.54 bits per heavy atom. The number of aryl methyl sites for hydroxylation is 1. The van der Waals surface area contributed by atoms with Gasteiger partial charge in [-0.25, -0.2) is 5.43 Å². The maximum absolute atomic E-state index is 12.1. The van der Waals surface area contributed by atoms with Gasteiger partial charge in [0.25, 0.3) is 5.91 Å². The largest absolute Gasteiger partial charge is 0.497 e. The molecule has 35 heavy (non-hydrogen) atoms. The number of carbonyl (C=O) groups is 3. The summed E-state index contributed by atoms with van der Waals surface area (Å²) in [5, 5.41) is 9.11. The van der Waals surface area contributed by atoms with E-state index in [-0.39, 0.29) is 12.5 Å². The van der Waals surface area contributed by atoms with E-state index in [1.165, 1.54) is 6.21 Å². The highest BCUT2D eigenvalue weighted by atomic mass is 16.5. The molecule has 0 aliphatic rings. The second-order valence-corrected chi connectivity index (χ2v) is 7.54. The second-order valence-electron chi connectivity index (χ2n) is 7.54. The molecule has 9 nitrogen and oxygen atoms in total. The van der Waals surface area contributed by atoms with Crippen LogP contribution in [-0.2, 0) is 14.4 Å². The number of ether oxygens (including phenoxy) is 2. The molecule has 9 heteroatoms. The van der Waals surface area contributed by atoms with Crippen LogP contribution in [0.1, 0.15) is 16.7 Å². The predicted octanol–water partition coefficient (Wildman–Crippen LogP) is 3.42. The summed E-state index contributed by atoms with van der Waals surface area (Å²) in [5.74, 6) is -0.813. The van der Waals surface area contributed by atoms with Crippen molar-refractivity contribution >= 4 is 35.3 Å². The van der Waals surface area contributed by atoms with Crippen molar-refractivity contribution in [2.24, 2.45) is 5.10 Å². The van der Waals surface area contributed by atoms with Crippen LogP contribution in [0, 0.1) is 13.8 Å². The Kier molecular flexibility index (Phi) is 8.55. The highest BCUT2D eigenvalue weighted by molar-refractivity contribution is 6.39. The minimum Gasteiger partial charge on any atom is -0.497 e. The van der Waals surface area contributed by atoms with E-state index >= 15 is 0 Å². The van der Waals surface area contributed by atoms with Crippen molar-refractivity contribution < 1.29 is 23.9 Å². The number of nitrogens with one attached hydrogen (secondary N) is 3. The van der Waals surface area contributed by atoms with E-state index in [0.29, 0.717) is 28.4 Å². The van der Waals surface area contributed by atoms with Crippen molar-refractivity contribution in [1.82, 2.24) is 5.43 Å². The first-order valence-corrected chi connectivity index (χ1v) is 10.7. The molecule has 3 amide bonds. The third-order valence-electron chi connectivity index (χ3n) is 5.06. The molecule has 0 heterocycles. The van der Waals surface area contributed by atoms with Crippen LogP contribution in [0.15, 0.2) is 71.8 Å². The molecule has 0 aromatic heterocycles. The van der Waals surface area contributed by atoms with E-state index in [4.69, 9.17) is 9.47 Å². The van der Waals surface area contributed by atoms with Crippen molar-refractivity contribution in [3.63, 3.8) is 0 Å². The molecule has 180 valence electrons. The highest BCUT2D eigenvalue weighted by Crippen LogP contribution is 2.18. The van der Waals surface area contributed by atoms with E-state index in [2.05, 4.69) is 21.2 Å². The minimum absolute atomic E-state index is 0.162. The van der Waals surface area contributed by atoms with Gasteiger partial charge in [0.15, 0.2) is 6.61 Å². The van der Waals surface area contributed by atoms with Crippen LogP contribution in [0.2, 0.25) is 0 Å². The SMILES string of the molecule is COc1ccc(NC(=O)COc2ccc(/C=N\NC(=O)C(=O)Nc3cccc(C)c3C)cc2)cc1. The minimum atomic E-state index is -0.884. The zero-order valence-corrected chi connectivity index (χ0v) is 19.6. The number of anilines is 2. The fourth-order valence-electron chi connectivity index (χ4n) is 2.95. The lowest BCUT2D eigenvalue weighted by Gasteiger charge is -2.09. The summed E-state index contributed by atoms with van der Waals surface area (Å²) in [6, 6.07) is 19.1. The summed E-state index contributed by atoms with van der Waals surface area (Å²) >= 11 is 0. The molecule has 0 spiro atoms. The maximum atomic E-state index is 12.1. The third-order valence-corrected chi connectivity index (χ3v) is 5.06. The van der Waals surface area contributed by atoms with Crippen LogP contribution in [0.4, 0.5) is 11.4 Å². The van der Waals surface area contributed by atoms with Crippen LogP contribution in [0.25, 0.3) is 0 Å². The van der Waals surface area contributed by atoms with Gasteiger partial charge in [0.05, 0.1) is 13.3 Å². The zero-order valence-electron chi connectivity index (χ0n) is 19.6. The molecule has 3 rings (SSSR count). The maximum Gasteiger partial charge on any atom is 0.329 e. The number of carbonyl (C=O) groups excluding carboxylic acids is 3. The monoisotopic (exact) mass is 474 g/mol. The lowest BCUT2D eigenvalue weighted by atomic mass is 10.1. The first-order chi connectivity index (χ1) is 16.9. The van der Waals surface area contributed by atoms with Crippen molar-refractivity contribution in [3.8, 4) is 11.5 Å². The van der Waals surface area contributed by atoms with Crippen LogP contribution in [0.3, 0.4) is 0 Å². The topological polar surface area (TPSA) is 118 Å². The number of methoxy groups -OCH3 is 1. The average Bonchev–Trinajstić information content (AvgIpc) is 2.86. The Balaban J connectivity index is 1.43. The summed E-state index contributed by atoms with van der Waals surface area (Å²) in [6.45, 7) is 3.62. The standard InChI is InChI=1S/C26H26N4O5/c1-17-5-4-6-23(18(17)2)29-25(32)26(33)30-27-15-19-7-11-22(12-8-19)35-16-24(31)28-20-9-13-21(34-3)14-10-20/h4-15H,16H2,1-3H3,(H,28,31)(H,29,32)(H,30,33)/b27-15-. The first kappa shape index (κ1) is 25.0. The first-order valence-electron chi connectivity index (χ1n) is 10.7. The molecule has 3 N–H and O–H groups in total. The second kappa shape index (κ2) is 12.0. The summed E-state index contributed by atoms with van der Waals surface area (Å²) < 4.78 is 10.6. The quantitative estimate of drug-likeness (QED) is 0.263. The molecule has 0 saturated heterocycles. The molecule has 3 aromatic carbocycles. The fourth-order valence-corrected chi connectivity index (χ4v) is 2.95. The Morgan fingerprint density at radius 1 is 0.857 bits per heavy atom.